The molecule has 3 aromatic rings. The third-order valence-electron chi connectivity index (χ3n) is 4.30. The van der Waals surface area contributed by atoms with E-state index in [4.69, 9.17) is 4.52 Å². The summed E-state index contributed by atoms with van der Waals surface area (Å²) >= 11 is 0. The van der Waals surface area contributed by atoms with Gasteiger partial charge in [-0.05, 0) is 25.0 Å². The third kappa shape index (κ3) is 2.44. The highest BCUT2D eigenvalue weighted by Crippen LogP contribution is 2.32. The Hall–Kier alpha value is -2.77. The Morgan fingerprint density at radius 1 is 1.38 bits per heavy atom. The van der Waals surface area contributed by atoms with Crippen molar-refractivity contribution < 1.29 is 9.32 Å². The first-order valence-electron chi connectivity index (χ1n) is 8.07. The summed E-state index contributed by atoms with van der Waals surface area (Å²) in [6.45, 7) is 4.70. The lowest BCUT2D eigenvalue weighted by Crippen LogP contribution is -2.31. The molecule has 4 heterocycles. The van der Waals surface area contributed by atoms with E-state index in [0.29, 0.717) is 29.5 Å². The zero-order chi connectivity index (χ0) is 16.7. The zero-order valence-corrected chi connectivity index (χ0v) is 13.6. The summed E-state index contributed by atoms with van der Waals surface area (Å²) in [5.41, 5.74) is 1.31. The molecule has 0 spiro atoms. The molecule has 4 rings (SSSR count). The van der Waals surface area contributed by atoms with Crippen LogP contribution in [-0.4, -0.2) is 42.1 Å². The van der Waals surface area contributed by atoms with E-state index < -0.39 is 0 Å². The molecule has 1 aliphatic rings. The number of nitrogens with zero attached hydrogens (tertiary/aromatic N) is 6. The molecule has 24 heavy (non-hydrogen) atoms. The lowest BCUT2D eigenvalue weighted by molar-refractivity contribution is 0.0728. The van der Waals surface area contributed by atoms with Crippen molar-refractivity contribution in [2.45, 2.75) is 38.6 Å². The molecular weight excluding hydrogens is 308 g/mol. The fraction of sp³-hybridized carbons (Fsp3) is 0.438. The first-order valence-corrected chi connectivity index (χ1v) is 8.07. The van der Waals surface area contributed by atoms with Crippen LogP contribution in [-0.2, 0) is 0 Å². The van der Waals surface area contributed by atoms with Crippen LogP contribution in [0.4, 0.5) is 0 Å². The summed E-state index contributed by atoms with van der Waals surface area (Å²) in [5.74, 6) is 1.34. The first kappa shape index (κ1) is 14.8. The van der Waals surface area contributed by atoms with E-state index in [0.717, 1.165) is 12.8 Å². The predicted octanol–water partition coefficient (Wildman–Crippen LogP) is 2.21. The number of likely N-dealkylation sites (tertiary alicyclic amines) is 1. The van der Waals surface area contributed by atoms with Gasteiger partial charge in [-0.3, -0.25) is 9.20 Å². The van der Waals surface area contributed by atoms with Gasteiger partial charge in [-0.25, -0.2) is 0 Å². The molecule has 1 amide bonds. The van der Waals surface area contributed by atoms with E-state index in [1.165, 1.54) is 0 Å². The second-order valence-corrected chi connectivity index (χ2v) is 6.32. The van der Waals surface area contributed by atoms with Gasteiger partial charge >= 0.3 is 0 Å². The number of fused-ring (bicyclic) bond motifs is 1. The van der Waals surface area contributed by atoms with Crippen molar-refractivity contribution in [2.24, 2.45) is 0 Å². The molecule has 0 N–H and O–H groups in total. The number of hydrogen-bond donors (Lipinski definition) is 0. The van der Waals surface area contributed by atoms with Crippen molar-refractivity contribution >= 4 is 11.6 Å². The van der Waals surface area contributed by atoms with Gasteiger partial charge in [-0.1, -0.05) is 19.0 Å². The van der Waals surface area contributed by atoms with Crippen molar-refractivity contribution in [1.29, 1.82) is 0 Å². The number of carbonyl (C=O) groups excluding carboxylic acids is 1. The van der Waals surface area contributed by atoms with Crippen LogP contribution in [0.5, 0.6) is 0 Å². The van der Waals surface area contributed by atoms with Crippen molar-refractivity contribution in [3.63, 3.8) is 0 Å². The van der Waals surface area contributed by atoms with E-state index in [1.54, 1.807) is 29.1 Å². The van der Waals surface area contributed by atoms with Crippen LogP contribution < -0.4 is 0 Å². The number of aromatic nitrogens is 5. The molecule has 0 aliphatic carbocycles. The molecule has 3 aromatic heterocycles. The smallest absolute Gasteiger partial charge is 0.255 e. The van der Waals surface area contributed by atoms with Gasteiger partial charge in [0.1, 0.15) is 6.33 Å². The molecule has 0 unspecified atom stereocenters. The van der Waals surface area contributed by atoms with E-state index in [9.17, 15) is 4.79 Å². The van der Waals surface area contributed by atoms with Crippen LogP contribution in [0.2, 0.25) is 0 Å². The Labute approximate surface area is 138 Å². The summed E-state index contributed by atoms with van der Waals surface area (Å²) in [4.78, 5) is 19.2. The normalized spacial score (nSPS) is 18.0. The summed E-state index contributed by atoms with van der Waals surface area (Å²) in [6.07, 6.45) is 5.11. The molecule has 124 valence electrons. The second-order valence-electron chi connectivity index (χ2n) is 6.32. The molecule has 1 aliphatic heterocycles. The van der Waals surface area contributed by atoms with Gasteiger partial charge in [-0.15, -0.1) is 10.2 Å². The Morgan fingerprint density at radius 2 is 2.25 bits per heavy atom. The van der Waals surface area contributed by atoms with Crippen LogP contribution in [0.25, 0.3) is 5.65 Å². The molecule has 0 aromatic carbocycles. The van der Waals surface area contributed by atoms with Gasteiger partial charge < -0.3 is 9.42 Å². The van der Waals surface area contributed by atoms with Crippen molar-refractivity contribution in [3.05, 3.63) is 41.9 Å². The largest absolute Gasteiger partial charge is 0.339 e. The number of carbonyl (C=O) groups is 1. The topological polar surface area (TPSA) is 89.4 Å². The van der Waals surface area contributed by atoms with Gasteiger partial charge in [-0.2, -0.15) is 4.98 Å². The van der Waals surface area contributed by atoms with Gasteiger partial charge in [0.15, 0.2) is 11.5 Å². The fourth-order valence-electron chi connectivity index (χ4n) is 3.02. The predicted molar refractivity (Wildman–Crippen MR) is 84.4 cm³/mol. The standard InChI is InChI=1S/C16H18N6O2/c1-10(2)15-18-14(20-24-15)12-4-3-7-22(12)16(23)11-5-6-13-19-17-9-21(13)8-11/h5-6,8-10,12H,3-4,7H2,1-2H3/t12-/m0/s1. The van der Waals surface area contributed by atoms with Gasteiger partial charge in [0.05, 0.1) is 11.6 Å². The number of amides is 1. The van der Waals surface area contributed by atoms with Crippen molar-refractivity contribution in [3.8, 4) is 0 Å². The molecular formula is C16H18N6O2. The third-order valence-corrected chi connectivity index (χ3v) is 4.30. The lowest BCUT2D eigenvalue weighted by Gasteiger charge is -2.22. The highest BCUT2D eigenvalue weighted by molar-refractivity contribution is 5.94. The average Bonchev–Trinajstić information content (AvgIpc) is 3.31. The number of rotatable bonds is 3. The fourth-order valence-corrected chi connectivity index (χ4v) is 3.02. The maximum atomic E-state index is 12.9. The average molecular weight is 326 g/mol. The molecule has 8 nitrogen and oxygen atoms in total. The molecule has 0 bridgehead atoms. The second kappa shape index (κ2) is 5.70. The van der Waals surface area contributed by atoms with E-state index in [2.05, 4.69) is 20.3 Å². The Kier molecular flexibility index (Phi) is 3.51. The highest BCUT2D eigenvalue weighted by Gasteiger charge is 2.34. The molecule has 0 radical (unpaired) electrons. The van der Waals surface area contributed by atoms with Crippen LogP contribution in [0.1, 0.15) is 60.7 Å². The summed E-state index contributed by atoms with van der Waals surface area (Å²) in [6, 6.07) is 3.43. The molecule has 8 heteroatoms. The van der Waals surface area contributed by atoms with Crippen molar-refractivity contribution in [2.75, 3.05) is 6.54 Å². The van der Waals surface area contributed by atoms with Gasteiger partial charge in [0.25, 0.3) is 5.91 Å². The van der Waals surface area contributed by atoms with Gasteiger partial charge in [0.2, 0.25) is 5.89 Å². The molecule has 0 saturated carbocycles. The SMILES string of the molecule is CC(C)c1nc([C@@H]2CCCN2C(=O)c2ccc3nncn3c2)no1. The monoisotopic (exact) mass is 326 g/mol. The first-order chi connectivity index (χ1) is 11.6. The summed E-state index contributed by atoms with van der Waals surface area (Å²) in [7, 11) is 0. The zero-order valence-electron chi connectivity index (χ0n) is 13.6. The minimum atomic E-state index is -0.134. The lowest BCUT2D eigenvalue weighted by atomic mass is 10.2. The van der Waals surface area contributed by atoms with E-state index in [1.807, 2.05) is 18.7 Å². The summed E-state index contributed by atoms with van der Waals surface area (Å²) in [5, 5.41) is 11.9. The van der Waals surface area contributed by atoms with E-state index >= 15 is 0 Å². The van der Waals surface area contributed by atoms with Crippen molar-refractivity contribution in [1.82, 2.24) is 29.6 Å². The maximum Gasteiger partial charge on any atom is 0.255 e. The highest BCUT2D eigenvalue weighted by atomic mass is 16.5. The summed E-state index contributed by atoms with van der Waals surface area (Å²) < 4.78 is 7.04. The quantitative estimate of drug-likeness (QED) is 0.733. The number of pyridine rings is 1. The van der Waals surface area contributed by atoms with Crippen LogP contribution >= 0.6 is 0 Å². The minimum absolute atomic E-state index is 0.0380. The maximum absolute atomic E-state index is 12.9. The van der Waals surface area contributed by atoms with Crippen LogP contribution in [0.3, 0.4) is 0 Å². The minimum Gasteiger partial charge on any atom is -0.339 e. The molecule has 1 saturated heterocycles. The van der Waals surface area contributed by atoms with E-state index in [-0.39, 0.29) is 17.9 Å². The Balaban J connectivity index is 1.62. The Morgan fingerprint density at radius 3 is 3.04 bits per heavy atom. The van der Waals surface area contributed by atoms with Crippen LogP contribution in [0.15, 0.2) is 29.2 Å². The van der Waals surface area contributed by atoms with Gasteiger partial charge in [0, 0.05) is 18.7 Å². The molecule has 1 fully saturated rings. The molecule has 1 atom stereocenters. The Bertz CT molecular complexity index is 883. The number of hydrogen-bond acceptors (Lipinski definition) is 6. The van der Waals surface area contributed by atoms with Crippen LogP contribution in [0, 0.1) is 0 Å².